The molecule has 0 saturated carbocycles. The summed E-state index contributed by atoms with van der Waals surface area (Å²) in [6.45, 7) is 5.41. The number of ketones is 1. The molecule has 0 aromatic heterocycles. The van der Waals surface area contributed by atoms with Crippen molar-refractivity contribution in [3.8, 4) is 17.2 Å². The summed E-state index contributed by atoms with van der Waals surface area (Å²) in [5.74, 6) is 0.456. The molecular weight excluding hydrogens is 494 g/mol. The summed E-state index contributed by atoms with van der Waals surface area (Å²) in [5.41, 5.74) is 2.02. The molecule has 3 aromatic rings. The van der Waals surface area contributed by atoms with Crippen molar-refractivity contribution < 1.29 is 28.9 Å². The number of Topliss-reactive ketones (excluding diaryl/α,β-unsaturated/α-hetero) is 1. The van der Waals surface area contributed by atoms with Crippen LogP contribution in [0.1, 0.15) is 55.8 Å². The number of rotatable bonds is 12. The van der Waals surface area contributed by atoms with Crippen LogP contribution in [0.5, 0.6) is 17.2 Å². The molecule has 1 aliphatic heterocycles. The summed E-state index contributed by atoms with van der Waals surface area (Å²) in [7, 11) is 1.57. The first-order chi connectivity index (χ1) is 19.0. The van der Waals surface area contributed by atoms with Crippen LogP contribution in [0.4, 0.5) is 0 Å². The lowest BCUT2D eigenvalue weighted by Gasteiger charge is -2.25. The second-order valence-corrected chi connectivity index (χ2v) is 9.36. The molecule has 7 nitrogen and oxygen atoms in total. The molecule has 1 aliphatic rings. The van der Waals surface area contributed by atoms with Crippen molar-refractivity contribution in [1.82, 2.24) is 4.90 Å². The second kappa shape index (κ2) is 13.0. The number of hydrogen-bond acceptors (Lipinski definition) is 6. The normalized spacial score (nSPS) is 16.4. The van der Waals surface area contributed by atoms with Crippen LogP contribution in [0, 0.1) is 0 Å². The van der Waals surface area contributed by atoms with Crippen LogP contribution in [0.25, 0.3) is 5.76 Å². The van der Waals surface area contributed by atoms with E-state index in [0.717, 1.165) is 30.6 Å². The van der Waals surface area contributed by atoms with Gasteiger partial charge in [-0.05, 0) is 73.0 Å². The number of nitrogens with zero attached hydrogens (tertiary/aromatic N) is 1. The molecule has 0 radical (unpaired) electrons. The van der Waals surface area contributed by atoms with Gasteiger partial charge in [0.15, 0.2) is 0 Å². The lowest BCUT2D eigenvalue weighted by Crippen LogP contribution is -2.29. The molecule has 1 unspecified atom stereocenters. The fraction of sp³-hybridized carbons (Fsp3) is 0.312. The number of aliphatic hydroxyl groups excluding tert-OH is 1. The molecule has 1 atom stereocenters. The minimum atomic E-state index is -0.771. The summed E-state index contributed by atoms with van der Waals surface area (Å²) < 4.78 is 16.6. The molecule has 3 aromatic carbocycles. The van der Waals surface area contributed by atoms with E-state index in [-0.39, 0.29) is 17.9 Å². The Morgan fingerprint density at radius 1 is 0.821 bits per heavy atom. The molecule has 1 heterocycles. The number of aliphatic hydroxyl groups is 1. The molecule has 4 rings (SSSR count). The number of benzene rings is 3. The van der Waals surface area contributed by atoms with E-state index < -0.39 is 17.7 Å². The van der Waals surface area contributed by atoms with Crippen molar-refractivity contribution in [2.45, 2.75) is 45.7 Å². The molecule has 0 bridgehead atoms. The Balaban J connectivity index is 1.68. The molecule has 0 aliphatic carbocycles. The summed E-state index contributed by atoms with van der Waals surface area (Å²) in [6.07, 6.45) is 3.18. The van der Waals surface area contributed by atoms with Gasteiger partial charge >= 0.3 is 0 Å². The minimum absolute atomic E-state index is 0.0488. The first kappa shape index (κ1) is 27.8. The van der Waals surface area contributed by atoms with E-state index in [2.05, 4.69) is 6.92 Å². The van der Waals surface area contributed by atoms with E-state index in [1.165, 1.54) is 4.90 Å². The van der Waals surface area contributed by atoms with Gasteiger partial charge < -0.3 is 24.2 Å². The molecule has 0 spiro atoms. The SMILES string of the molecule is CCCCCOc1ccc(/C(O)=C2/C(=O)C(=O)N(Cc3ccc(OCC)cc3)C2c2ccc(OC)cc2)cc1. The molecule has 1 saturated heterocycles. The Morgan fingerprint density at radius 2 is 1.44 bits per heavy atom. The van der Waals surface area contributed by atoms with Crippen molar-refractivity contribution >= 4 is 17.4 Å². The summed E-state index contributed by atoms with van der Waals surface area (Å²) in [5, 5.41) is 11.4. The van der Waals surface area contributed by atoms with Gasteiger partial charge in [0.25, 0.3) is 11.7 Å². The van der Waals surface area contributed by atoms with Crippen LogP contribution in [0.15, 0.2) is 78.4 Å². The van der Waals surface area contributed by atoms with Crippen molar-refractivity contribution in [3.05, 3.63) is 95.1 Å². The molecule has 39 heavy (non-hydrogen) atoms. The lowest BCUT2D eigenvalue weighted by molar-refractivity contribution is -0.140. The second-order valence-electron chi connectivity index (χ2n) is 9.36. The summed E-state index contributed by atoms with van der Waals surface area (Å²) >= 11 is 0. The zero-order valence-corrected chi connectivity index (χ0v) is 22.7. The molecule has 1 fully saturated rings. The largest absolute Gasteiger partial charge is 0.507 e. The zero-order valence-electron chi connectivity index (χ0n) is 22.7. The maximum Gasteiger partial charge on any atom is 0.295 e. The highest BCUT2D eigenvalue weighted by Gasteiger charge is 2.46. The highest BCUT2D eigenvalue weighted by Crippen LogP contribution is 2.41. The average Bonchev–Trinajstić information content (AvgIpc) is 3.21. The number of unbranched alkanes of at least 4 members (excludes halogenated alkanes) is 2. The van der Waals surface area contributed by atoms with Gasteiger partial charge in [-0.1, -0.05) is 44.0 Å². The van der Waals surface area contributed by atoms with Crippen LogP contribution in [0.2, 0.25) is 0 Å². The number of hydrogen-bond donors (Lipinski definition) is 1. The Hall–Kier alpha value is -4.26. The van der Waals surface area contributed by atoms with Gasteiger partial charge in [0.2, 0.25) is 0 Å². The van der Waals surface area contributed by atoms with Gasteiger partial charge in [0.05, 0.1) is 31.9 Å². The number of methoxy groups -OCH3 is 1. The van der Waals surface area contributed by atoms with Gasteiger partial charge in [-0.25, -0.2) is 0 Å². The monoisotopic (exact) mass is 529 g/mol. The third kappa shape index (κ3) is 6.42. The van der Waals surface area contributed by atoms with Gasteiger partial charge in [0, 0.05) is 12.1 Å². The van der Waals surface area contributed by atoms with Crippen molar-refractivity contribution in [1.29, 1.82) is 0 Å². The van der Waals surface area contributed by atoms with Crippen LogP contribution < -0.4 is 14.2 Å². The number of carbonyl (C=O) groups is 2. The summed E-state index contributed by atoms with van der Waals surface area (Å²) in [6, 6.07) is 20.7. The lowest BCUT2D eigenvalue weighted by atomic mass is 9.95. The van der Waals surface area contributed by atoms with Gasteiger partial charge in [0.1, 0.15) is 23.0 Å². The topological polar surface area (TPSA) is 85.3 Å². The van der Waals surface area contributed by atoms with E-state index in [9.17, 15) is 14.7 Å². The van der Waals surface area contributed by atoms with Crippen molar-refractivity contribution in [2.75, 3.05) is 20.3 Å². The van der Waals surface area contributed by atoms with Crippen molar-refractivity contribution in [2.24, 2.45) is 0 Å². The maximum atomic E-state index is 13.4. The quantitative estimate of drug-likeness (QED) is 0.129. The van der Waals surface area contributed by atoms with Crippen LogP contribution >= 0.6 is 0 Å². The van der Waals surface area contributed by atoms with E-state index in [1.54, 1.807) is 55.6 Å². The predicted octanol–water partition coefficient (Wildman–Crippen LogP) is 6.28. The molecular formula is C32H35NO6. The highest BCUT2D eigenvalue weighted by molar-refractivity contribution is 6.46. The zero-order chi connectivity index (χ0) is 27.8. The van der Waals surface area contributed by atoms with E-state index in [4.69, 9.17) is 14.2 Å². The number of carbonyl (C=O) groups excluding carboxylic acids is 2. The van der Waals surface area contributed by atoms with Gasteiger partial charge in [-0.2, -0.15) is 0 Å². The van der Waals surface area contributed by atoms with Crippen LogP contribution in [0.3, 0.4) is 0 Å². The standard InChI is InChI=1S/C32H35NO6/c1-4-6-7-20-39-27-18-12-24(13-19-27)30(34)28-29(23-10-16-25(37-3)17-11-23)33(32(36)31(28)35)21-22-8-14-26(15-9-22)38-5-2/h8-19,29,34H,4-7,20-21H2,1-3H3/b30-28-. The number of amides is 1. The third-order valence-electron chi connectivity index (χ3n) is 6.70. The Morgan fingerprint density at radius 3 is 2.05 bits per heavy atom. The first-order valence-electron chi connectivity index (χ1n) is 13.3. The smallest absolute Gasteiger partial charge is 0.295 e. The Labute approximate surface area is 229 Å². The number of likely N-dealkylation sites (tertiary alicyclic amines) is 1. The van der Waals surface area contributed by atoms with Crippen LogP contribution in [-0.2, 0) is 16.1 Å². The summed E-state index contributed by atoms with van der Waals surface area (Å²) in [4.78, 5) is 28.2. The Bertz CT molecular complexity index is 1300. The first-order valence-corrected chi connectivity index (χ1v) is 13.3. The molecule has 1 amide bonds. The molecule has 204 valence electrons. The van der Waals surface area contributed by atoms with Crippen LogP contribution in [-0.4, -0.2) is 42.0 Å². The molecule has 7 heteroatoms. The predicted molar refractivity (Wildman–Crippen MR) is 150 cm³/mol. The minimum Gasteiger partial charge on any atom is -0.507 e. The fourth-order valence-corrected chi connectivity index (χ4v) is 4.64. The van der Waals surface area contributed by atoms with Gasteiger partial charge in [-0.3, -0.25) is 9.59 Å². The third-order valence-corrected chi connectivity index (χ3v) is 6.70. The van der Waals surface area contributed by atoms with E-state index in [0.29, 0.717) is 35.8 Å². The average molecular weight is 530 g/mol. The van der Waals surface area contributed by atoms with E-state index >= 15 is 0 Å². The maximum absolute atomic E-state index is 13.4. The van der Waals surface area contributed by atoms with Crippen molar-refractivity contribution in [3.63, 3.8) is 0 Å². The number of ether oxygens (including phenoxy) is 3. The Kier molecular flexibility index (Phi) is 9.26. The van der Waals surface area contributed by atoms with E-state index in [1.807, 2.05) is 31.2 Å². The highest BCUT2D eigenvalue weighted by atomic mass is 16.5. The molecule has 1 N–H and O–H groups in total. The van der Waals surface area contributed by atoms with Gasteiger partial charge in [-0.15, -0.1) is 0 Å². The fourth-order valence-electron chi connectivity index (χ4n) is 4.64.